The highest BCUT2D eigenvalue weighted by molar-refractivity contribution is 6.31. The average molecular weight is 313 g/mol. The average Bonchev–Trinajstić information content (AvgIpc) is 2.87. The molecule has 1 aliphatic carbocycles. The minimum atomic E-state index is -0.733. The molecule has 3 nitrogen and oxygen atoms in total. The van der Waals surface area contributed by atoms with Crippen LogP contribution in [0, 0.1) is 0 Å². The lowest BCUT2D eigenvalue weighted by molar-refractivity contribution is -0.137. The van der Waals surface area contributed by atoms with Gasteiger partial charge in [0.1, 0.15) is 0 Å². The smallest absolute Gasteiger partial charge is 0.303 e. The van der Waals surface area contributed by atoms with E-state index in [-0.39, 0.29) is 12.3 Å². The second-order valence-electron chi connectivity index (χ2n) is 4.72. The molecule has 1 atom stereocenters. The first-order valence-electron chi connectivity index (χ1n) is 7.14. The normalized spacial score (nSPS) is 15.0. The van der Waals surface area contributed by atoms with Crippen molar-refractivity contribution in [1.29, 1.82) is 0 Å². The van der Waals surface area contributed by atoms with Crippen molar-refractivity contribution in [2.24, 2.45) is 0 Å². The number of aliphatic carboxylic acids is 1. The van der Waals surface area contributed by atoms with Crippen molar-refractivity contribution in [3.05, 3.63) is 47.0 Å². The Balaban J connectivity index is 0.000000489. The lowest BCUT2D eigenvalue weighted by Gasteiger charge is -2.08. The molecule has 0 heterocycles. The molecule has 1 aromatic rings. The number of aliphatic hydroxyl groups excluding tert-OH is 1. The van der Waals surface area contributed by atoms with E-state index in [1.165, 1.54) is 6.42 Å². The number of carbonyl (C=O) groups is 1. The second-order valence-corrected chi connectivity index (χ2v) is 5.13. The fourth-order valence-corrected chi connectivity index (χ4v) is 2.60. The highest BCUT2D eigenvalue weighted by Gasteiger charge is 2.25. The van der Waals surface area contributed by atoms with E-state index in [0.717, 1.165) is 42.5 Å². The molecule has 2 rings (SSSR count). The summed E-state index contributed by atoms with van der Waals surface area (Å²) in [6.07, 6.45) is 6.34. The molecule has 0 fully saturated rings. The molecule has 1 aromatic carbocycles. The third kappa shape index (κ3) is 6.78. The Bertz CT molecular complexity index is 444. The highest BCUT2D eigenvalue weighted by atomic mass is 35.5. The molecule has 0 bridgehead atoms. The Hall–Kier alpha value is -1.32. The first kappa shape index (κ1) is 19.7. The van der Waals surface area contributed by atoms with Gasteiger partial charge in [-0.2, -0.15) is 0 Å². The minimum absolute atomic E-state index is 0.154. The predicted octanol–water partition coefficient (Wildman–Crippen LogP) is 4.43. The van der Waals surface area contributed by atoms with Crippen LogP contribution in [0.15, 0.2) is 30.9 Å². The van der Waals surface area contributed by atoms with Crippen molar-refractivity contribution in [3.8, 4) is 0 Å². The first-order valence-corrected chi connectivity index (χ1v) is 7.52. The molecule has 118 valence electrons. The number of carboxylic acids is 1. The van der Waals surface area contributed by atoms with Gasteiger partial charge in [-0.1, -0.05) is 43.2 Å². The van der Waals surface area contributed by atoms with E-state index in [1.54, 1.807) is 0 Å². The van der Waals surface area contributed by atoms with Crippen molar-refractivity contribution in [2.45, 2.75) is 44.9 Å². The van der Waals surface area contributed by atoms with E-state index < -0.39 is 5.97 Å². The van der Waals surface area contributed by atoms with Gasteiger partial charge in [0.15, 0.2) is 0 Å². The van der Waals surface area contributed by atoms with Crippen LogP contribution in [0.5, 0.6) is 0 Å². The quantitative estimate of drug-likeness (QED) is 0.809. The largest absolute Gasteiger partial charge is 0.481 e. The molecule has 0 spiro atoms. The number of halogens is 1. The molecule has 4 heteroatoms. The number of allylic oxidation sites excluding steroid dienone is 1. The fourth-order valence-electron chi connectivity index (χ4n) is 2.32. The summed E-state index contributed by atoms with van der Waals surface area (Å²) in [5, 5.41) is 16.5. The number of aliphatic hydroxyl groups is 1. The third-order valence-corrected chi connectivity index (χ3v) is 3.61. The summed E-state index contributed by atoms with van der Waals surface area (Å²) in [6, 6.07) is 5.74. The fraction of sp³-hybridized carbons (Fsp3) is 0.471. The van der Waals surface area contributed by atoms with Gasteiger partial charge in [0.05, 0.1) is 6.42 Å². The molecule has 0 amide bonds. The summed E-state index contributed by atoms with van der Waals surface area (Å²) in [7, 11) is 1.00. The van der Waals surface area contributed by atoms with Crippen LogP contribution in [0.1, 0.15) is 49.7 Å². The van der Waals surface area contributed by atoms with Gasteiger partial charge in [0, 0.05) is 12.1 Å². The van der Waals surface area contributed by atoms with Gasteiger partial charge in [0.2, 0.25) is 0 Å². The van der Waals surface area contributed by atoms with E-state index in [4.69, 9.17) is 21.8 Å². The standard InChI is InChI=1S/C11H11ClO2.C5H10.CH4O/c12-10-3-1-2-8-7(6-11(13)14)4-5-9(8)10;1-3-5-4-2;1-2/h1-3,7H,4-6H2,(H,13,14);3H,1,4-5H2,2H3;2H,1H3. The van der Waals surface area contributed by atoms with Gasteiger partial charge in [-0.05, 0) is 42.4 Å². The molecule has 21 heavy (non-hydrogen) atoms. The summed E-state index contributed by atoms with van der Waals surface area (Å²) >= 11 is 6.02. The van der Waals surface area contributed by atoms with Gasteiger partial charge in [-0.3, -0.25) is 4.79 Å². The Morgan fingerprint density at radius 3 is 2.62 bits per heavy atom. The molecule has 0 saturated heterocycles. The number of benzene rings is 1. The Morgan fingerprint density at radius 2 is 2.14 bits per heavy atom. The SMILES string of the molecule is C=CCCC.CO.O=C(O)CC1CCc2c(Cl)cccc21. The van der Waals surface area contributed by atoms with Gasteiger partial charge >= 0.3 is 5.97 Å². The molecule has 1 aliphatic rings. The van der Waals surface area contributed by atoms with Crippen LogP contribution in [0.25, 0.3) is 0 Å². The van der Waals surface area contributed by atoms with Crippen LogP contribution in [-0.2, 0) is 11.2 Å². The van der Waals surface area contributed by atoms with E-state index in [1.807, 2.05) is 24.3 Å². The summed E-state index contributed by atoms with van der Waals surface area (Å²) in [6.45, 7) is 5.69. The Morgan fingerprint density at radius 1 is 1.48 bits per heavy atom. The van der Waals surface area contributed by atoms with Crippen molar-refractivity contribution < 1.29 is 15.0 Å². The highest BCUT2D eigenvalue weighted by Crippen LogP contribution is 2.38. The molecule has 0 saturated carbocycles. The van der Waals surface area contributed by atoms with E-state index in [0.29, 0.717) is 0 Å². The number of hydrogen-bond acceptors (Lipinski definition) is 2. The monoisotopic (exact) mass is 312 g/mol. The molecule has 0 aliphatic heterocycles. The van der Waals surface area contributed by atoms with Crippen LogP contribution in [0.4, 0.5) is 0 Å². The maximum atomic E-state index is 10.6. The van der Waals surface area contributed by atoms with Crippen molar-refractivity contribution >= 4 is 17.6 Å². The number of fused-ring (bicyclic) bond motifs is 1. The number of carboxylic acid groups (broad SMARTS) is 1. The van der Waals surface area contributed by atoms with E-state index in [9.17, 15) is 4.79 Å². The lowest BCUT2D eigenvalue weighted by Crippen LogP contribution is -2.02. The molecule has 2 N–H and O–H groups in total. The lowest BCUT2D eigenvalue weighted by atomic mass is 9.98. The van der Waals surface area contributed by atoms with Gasteiger partial charge in [-0.25, -0.2) is 0 Å². The number of rotatable bonds is 4. The zero-order chi connectivity index (χ0) is 16.3. The van der Waals surface area contributed by atoms with Gasteiger partial charge in [-0.15, -0.1) is 6.58 Å². The summed E-state index contributed by atoms with van der Waals surface area (Å²) in [4.78, 5) is 10.6. The van der Waals surface area contributed by atoms with Gasteiger partial charge < -0.3 is 10.2 Å². The van der Waals surface area contributed by atoms with Crippen molar-refractivity contribution in [3.63, 3.8) is 0 Å². The van der Waals surface area contributed by atoms with Crippen LogP contribution < -0.4 is 0 Å². The minimum Gasteiger partial charge on any atom is -0.481 e. The van der Waals surface area contributed by atoms with Crippen molar-refractivity contribution in [2.75, 3.05) is 7.11 Å². The van der Waals surface area contributed by atoms with E-state index in [2.05, 4.69) is 13.5 Å². The zero-order valence-electron chi connectivity index (χ0n) is 12.8. The van der Waals surface area contributed by atoms with Gasteiger partial charge in [0.25, 0.3) is 0 Å². The third-order valence-electron chi connectivity index (χ3n) is 3.25. The molecular formula is C17H25ClO3. The molecule has 0 radical (unpaired) electrons. The molecular weight excluding hydrogens is 288 g/mol. The molecule has 1 unspecified atom stereocenters. The summed E-state index contributed by atoms with van der Waals surface area (Å²) in [5.41, 5.74) is 2.26. The Labute approximate surface area is 132 Å². The second kappa shape index (κ2) is 11.4. The maximum absolute atomic E-state index is 10.6. The first-order chi connectivity index (χ1) is 10.1. The van der Waals surface area contributed by atoms with Crippen LogP contribution >= 0.6 is 11.6 Å². The summed E-state index contributed by atoms with van der Waals surface area (Å²) in [5.74, 6) is -0.580. The maximum Gasteiger partial charge on any atom is 0.303 e. The predicted molar refractivity (Wildman–Crippen MR) is 88.0 cm³/mol. The number of unbranched alkanes of at least 4 members (excludes halogenated alkanes) is 1. The van der Waals surface area contributed by atoms with Crippen LogP contribution in [0.2, 0.25) is 5.02 Å². The van der Waals surface area contributed by atoms with E-state index >= 15 is 0 Å². The zero-order valence-corrected chi connectivity index (χ0v) is 13.6. The van der Waals surface area contributed by atoms with Crippen LogP contribution in [0.3, 0.4) is 0 Å². The topological polar surface area (TPSA) is 57.5 Å². The summed E-state index contributed by atoms with van der Waals surface area (Å²) < 4.78 is 0. The van der Waals surface area contributed by atoms with Crippen LogP contribution in [-0.4, -0.2) is 23.3 Å². The van der Waals surface area contributed by atoms with Crippen molar-refractivity contribution in [1.82, 2.24) is 0 Å². The number of hydrogen-bond donors (Lipinski definition) is 2. The molecule has 0 aromatic heterocycles. The Kier molecular flexibility index (Phi) is 10.6.